The minimum atomic E-state index is -0.970. The van der Waals surface area contributed by atoms with Crippen LogP contribution in [0.3, 0.4) is 0 Å². The summed E-state index contributed by atoms with van der Waals surface area (Å²) in [6, 6.07) is 7.30. The number of hydrogen-bond donors (Lipinski definition) is 1. The summed E-state index contributed by atoms with van der Waals surface area (Å²) in [5.41, 5.74) is 2.24. The smallest absolute Gasteiger partial charge is 0.314 e. The number of aliphatic carboxylic acids is 1. The van der Waals surface area contributed by atoms with E-state index in [2.05, 4.69) is 15.2 Å². The van der Waals surface area contributed by atoms with E-state index in [1.54, 1.807) is 21.0 Å². The molecule has 1 unspecified atom stereocenters. The van der Waals surface area contributed by atoms with Crippen molar-refractivity contribution in [3.63, 3.8) is 0 Å². The van der Waals surface area contributed by atoms with E-state index in [1.807, 2.05) is 24.3 Å². The lowest BCUT2D eigenvalue weighted by Crippen LogP contribution is -2.19. The molecule has 110 valence electrons. The summed E-state index contributed by atoms with van der Waals surface area (Å²) in [7, 11) is 1.57. The van der Waals surface area contributed by atoms with Crippen LogP contribution >= 0.6 is 0 Å². The highest BCUT2D eigenvalue weighted by Crippen LogP contribution is 2.21. The summed E-state index contributed by atoms with van der Waals surface area (Å²) < 4.78 is 5.15. The van der Waals surface area contributed by atoms with Gasteiger partial charge in [-0.05, 0) is 38.0 Å². The molecule has 1 N–H and O–H groups in total. The molecule has 0 saturated carbocycles. The molecule has 6 heteroatoms. The lowest BCUT2D eigenvalue weighted by molar-refractivity contribution is -0.139. The molecule has 1 heterocycles. The topological polar surface area (TPSA) is 85.2 Å². The van der Waals surface area contributed by atoms with Gasteiger partial charge in [0, 0.05) is 0 Å². The molecule has 0 bridgehead atoms. The molecule has 2 aromatic rings. The molecule has 0 radical (unpaired) electrons. The molecule has 1 aromatic carbocycles. The number of aromatic nitrogens is 3. The van der Waals surface area contributed by atoms with Gasteiger partial charge in [0.1, 0.15) is 11.7 Å². The summed E-state index contributed by atoms with van der Waals surface area (Å²) in [5, 5.41) is 17.3. The van der Waals surface area contributed by atoms with E-state index in [0.717, 1.165) is 5.56 Å². The highest BCUT2D eigenvalue weighted by molar-refractivity contribution is 5.75. The van der Waals surface area contributed by atoms with Crippen molar-refractivity contribution in [3.05, 3.63) is 47.0 Å². The van der Waals surface area contributed by atoms with Gasteiger partial charge in [0.2, 0.25) is 0 Å². The monoisotopic (exact) mass is 287 g/mol. The lowest BCUT2D eigenvalue weighted by Gasteiger charge is -2.12. The Bertz CT molecular complexity index is 658. The molecule has 6 nitrogen and oxygen atoms in total. The normalized spacial score (nSPS) is 12.0. The van der Waals surface area contributed by atoms with Gasteiger partial charge in [-0.15, -0.1) is 5.10 Å². The van der Waals surface area contributed by atoms with E-state index in [9.17, 15) is 9.90 Å². The molecular formula is C15H17N3O3. The molecule has 1 aromatic heterocycles. The van der Waals surface area contributed by atoms with Gasteiger partial charge in [0.25, 0.3) is 0 Å². The van der Waals surface area contributed by atoms with Gasteiger partial charge in [-0.3, -0.25) is 4.79 Å². The zero-order valence-electron chi connectivity index (χ0n) is 12.2. The third-order valence-corrected chi connectivity index (χ3v) is 3.29. The van der Waals surface area contributed by atoms with Gasteiger partial charge in [-0.25, -0.2) is 4.98 Å². The van der Waals surface area contributed by atoms with Crippen LogP contribution in [0.1, 0.15) is 28.7 Å². The van der Waals surface area contributed by atoms with Crippen LogP contribution in [0.4, 0.5) is 0 Å². The molecule has 0 amide bonds. The Morgan fingerprint density at radius 2 is 2.05 bits per heavy atom. The van der Waals surface area contributed by atoms with Crippen LogP contribution in [0.15, 0.2) is 24.3 Å². The van der Waals surface area contributed by atoms with E-state index in [1.165, 1.54) is 0 Å². The van der Waals surface area contributed by atoms with E-state index < -0.39 is 11.9 Å². The number of carbonyl (C=O) groups is 1. The average Bonchev–Trinajstić information content (AvgIpc) is 2.47. The van der Waals surface area contributed by atoms with Gasteiger partial charge in [-0.1, -0.05) is 12.1 Å². The lowest BCUT2D eigenvalue weighted by atomic mass is 9.98. The Hall–Kier alpha value is -2.50. The third-order valence-electron chi connectivity index (χ3n) is 3.29. The van der Waals surface area contributed by atoms with E-state index in [4.69, 9.17) is 4.74 Å². The number of nitrogens with zero attached hydrogens (tertiary/aromatic N) is 3. The molecule has 1 atom stereocenters. The van der Waals surface area contributed by atoms with Crippen LogP contribution in [0.5, 0.6) is 5.75 Å². The number of methoxy groups -OCH3 is 1. The minimum absolute atomic E-state index is 0.230. The Kier molecular flexibility index (Phi) is 4.47. The Balaban J connectivity index is 2.30. The van der Waals surface area contributed by atoms with Crippen molar-refractivity contribution in [1.29, 1.82) is 0 Å². The maximum absolute atomic E-state index is 11.5. The highest BCUT2D eigenvalue weighted by Gasteiger charge is 2.24. The summed E-state index contributed by atoms with van der Waals surface area (Å²) >= 11 is 0. The minimum Gasteiger partial charge on any atom is -0.497 e. The van der Waals surface area contributed by atoms with Gasteiger partial charge in [0.05, 0.1) is 18.5 Å². The zero-order chi connectivity index (χ0) is 15.4. The SMILES string of the molecule is COc1cccc(CC(C(=O)O)c2nnc(C)c(C)n2)c1. The quantitative estimate of drug-likeness (QED) is 0.904. The molecular weight excluding hydrogens is 270 g/mol. The van der Waals surface area contributed by atoms with Gasteiger partial charge in [-0.2, -0.15) is 5.10 Å². The number of benzene rings is 1. The first-order valence-corrected chi connectivity index (χ1v) is 6.55. The number of aryl methyl sites for hydroxylation is 2. The Labute approximate surface area is 122 Å². The second-order valence-corrected chi connectivity index (χ2v) is 4.79. The van der Waals surface area contributed by atoms with Crippen molar-refractivity contribution in [3.8, 4) is 5.75 Å². The van der Waals surface area contributed by atoms with E-state index >= 15 is 0 Å². The predicted octanol–water partition coefficient (Wildman–Crippen LogP) is 1.91. The van der Waals surface area contributed by atoms with Crippen molar-refractivity contribution in [2.75, 3.05) is 7.11 Å². The molecule has 0 aliphatic carbocycles. The highest BCUT2D eigenvalue weighted by atomic mass is 16.5. The van der Waals surface area contributed by atoms with Crippen LogP contribution in [0.2, 0.25) is 0 Å². The number of ether oxygens (including phenoxy) is 1. The maximum atomic E-state index is 11.5. The van der Waals surface area contributed by atoms with Crippen LogP contribution < -0.4 is 4.74 Å². The van der Waals surface area contributed by atoms with Crippen molar-refractivity contribution in [1.82, 2.24) is 15.2 Å². The Morgan fingerprint density at radius 3 is 2.67 bits per heavy atom. The predicted molar refractivity (Wildman–Crippen MR) is 76.4 cm³/mol. The number of rotatable bonds is 5. The number of hydrogen-bond acceptors (Lipinski definition) is 5. The van der Waals surface area contributed by atoms with Crippen LogP contribution in [0.25, 0.3) is 0 Å². The second-order valence-electron chi connectivity index (χ2n) is 4.79. The van der Waals surface area contributed by atoms with E-state index in [-0.39, 0.29) is 12.2 Å². The van der Waals surface area contributed by atoms with Crippen LogP contribution in [-0.4, -0.2) is 33.4 Å². The summed E-state index contributed by atoms with van der Waals surface area (Å²) in [4.78, 5) is 15.8. The average molecular weight is 287 g/mol. The summed E-state index contributed by atoms with van der Waals surface area (Å²) in [5.74, 6) is -0.879. The van der Waals surface area contributed by atoms with Crippen molar-refractivity contribution in [2.45, 2.75) is 26.2 Å². The van der Waals surface area contributed by atoms with Crippen LogP contribution in [0, 0.1) is 13.8 Å². The number of carboxylic acids is 1. The largest absolute Gasteiger partial charge is 0.497 e. The first-order chi connectivity index (χ1) is 10.0. The van der Waals surface area contributed by atoms with Crippen molar-refractivity contribution >= 4 is 5.97 Å². The molecule has 0 saturated heterocycles. The summed E-state index contributed by atoms with van der Waals surface area (Å²) in [6.45, 7) is 3.58. The standard InChI is InChI=1S/C15H17N3O3/c1-9-10(2)17-18-14(16-9)13(15(19)20)8-11-5-4-6-12(7-11)21-3/h4-7,13H,8H2,1-3H3,(H,19,20). The first-order valence-electron chi connectivity index (χ1n) is 6.55. The van der Waals surface area contributed by atoms with Gasteiger partial charge >= 0.3 is 5.97 Å². The number of carboxylic acid groups (broad SMARTS) is 1. The fourth-order valence-corrected chi connectivity index (χ4v) is 1.95. The van der Waals surface area contributed by atoms with Crippen molar-refractivity contribution in [2.24, 2.45) is 0 Å². The second kappa shape index (κ2) is 6.30. The van der Waals surface area contributed by atoms with Crippen molar-refractivity contribution < 1.29 is 14.6 Å². The molecule has 21 heavy (non-hydrogen) atoms. The zero-order valence-corrected chi connectivity index (χ0v) is 12.2. The maximum Gasteiger partial charge on any atom is 0.314 e. The molecule has 0 aliphatic heterocycles. The molecule has 0 spiro atoms. The van der Waals surface area contributed by atoms with Gasteiger partial charge in [0.15, 0.2) is 5.82 Å². The Morgan fingerprint density at radius 1 is 1.29 bits per heavy atom. The first kappa shape index (κ1) is 14.9. The van der Waals surface area contributed by atoms with Gasteiger partial charge < -0.3 is 9.84 Å². The fourth-order valence-electron chi connectivity index (χ4n) is 1.95. The van der Waals surface area contributed by atoms with Crippen LogP contribution in [-0.2, 0) is 11.2 Å². The molecule has 2 rings (SSSR count). The third kappa shape index (κ3) is 3.53. The molecule has 0 fully saturated rings. The fraction of sp³-hybridized carbons (Fsp3) is 0.333. The summed E-state index contributed by atoms with van der Waals surface area (Å²) in [6.07, 6.45) is 0.288. The molecule has 0 aliphatic rings. The van der Waals surface area contributed by atoms with E-state index in [0.29, 0.717) is 17.1 Å².